The van der Waals surface area contributed by atoms with E-state index in [-0.39, 0.29) is 11.6 Å². The summed E-state index contributed by atoms with van der Waals surface area (Å²) in [6.45, 7) is 1.72. The van der Waals surface area contributed by atoms with Crippen LogP contribution in [0.4, 0.5) is 13.2 Å². The van der Waals surface area contributed by atoms with Crippen molar-refractivity contribution in [3.05, 3.63) is 53.6 Å². The monoisotopic (exact) mass is 283 g/mol. The number of nitrogens with zero attached hydrogens (tertiary/aromatic N) is 1. The molecule has 0 fully saturated rings. The summed E-state index contributed by atoms with van der Waals surface area (Å²) in [5.41, 5.74) is -0.621. The molecule has 1 atom stereocenters. The van der Waals surface area contributed by atoms with Crippen LogP contribution in [-0.4, -0.2) is 15.9 Å². The quantitative estimate of drug-likeness (QED) is 0.910. The number of nitrogens with one attached hydrogen (secondary N) is 2. The first-order valence-corrected chi connectivity index (χ1v) is 5.85. The van der Waals surface area contributed by atoms with Gasteiger partial charge in [0.25, 0.3) is 5.91 Å². The summed E-state index contributed by atoms with van der Waals surface area (Å²) >= 11 is 0. The molecule has 2 rings (SSSR count). The number of imidazole rings is 1. The minimum atomic E-state index is -4.41. The topological polar surface area (TPSA) is 57.8 Å². The number of benzene rings is 1. The summed E-state index contributed by atoms with van der Waals surface area (Å²) in [6, 6.07) is 3.69. The molecule has 1 aromatic heterocycles. The molecule has 0 aliphatic carbocycles. The number of alkyl halides is 3. The first kappa shape index (κ1) is 14.1. The van der Waals surface area contributed by atoms with E-state index < -0.39 is 17.6 Å². The minimum absolute atomic E-state index is 0.163. The highest BCUT2D eigenvalue weighted by Crippen LogP contribution is 2.29. The zero-order chi connectivity index (χ0) is 14.8. The van der Waals surface area contributed by atoms with E-state index in [2.05, 4.69) is 15.3 Å². The Balaban J connectivity index is 2.06. The van der Waals surface area contributed by atoms with Crippen molar-refractivity contribution < 1.29 is 18.0 Å². The molecule has 0 aliphatic rings. The Morgan fingerprint density at radius 1 is 1.30 bits per heavy atom. The lowest BCUT2D eigenvalue weighted by Gasteiger charge is -2.12. The SMILES string of the molecule is CC(NC(=O)c1ccc(C(F)(F)F)cc1)c1ncc[nH]1. The molecule has 20 heavy (non-hydrogen) atoms. The van der Waals surface area contributed by atoms with Gasteiger partial charge in [-0.05, 0) is 31.2 Å². The largest absolute Gasteiger partial charge is 0.416 e. The Labute approximate surface area is 113 Å². The number of amides is 1. The van der Waals surface area contributed by atoms with Crippen molar-refractivity contribution in [3.63, 3.8) is 0 Å². The van der Waals surface area contributed by atoms with E-state index in [9.17, 15) is 18.0 Å². The van der Waals surface area contributed by atoms with E-state index in [0.29, 0.717) is 5.82 Å². The lowest BCUT2D eigenvalue weighted by atomic mass is 10.1. The van der Waals surface area contributed by atoms with Crippen molar-refractivity contribution in [1.29, 1.82) is 0 Å². The molecule has 0 bridgehead atoms. The van der Waals surface area contributed by atoms with Gasteiger partial charge in [0.1, 0.15) is 5.82 Å². The molecule has 1 heterocycles. The molecule has 0 aliphatic heterocycles. The van der Waals surface area contributed by atoms with Crippen LogP contribution in [-0.2, 0) is 6.18 Å². The van der Waals surface area contributed by atoms with Gasteiger partial charge in [-0.1, -0.05) is 0 Å². The molecule has 2 aromatic rings. The van der Waals surface area contributed by atoms with Gasteiger partial charge in [-0.15, -0.1) is 0 Å². The number of aromatic nitrogens is 2. The van der Waals surface area contributed by atoms with Crippen LogP contribution < -0.4 is 5.32 Å². The second kappa shape index (κ2) is 5.36. The standard InChI is InChI=1S/C13H12F3N3O/c1-8(11-17-6-7-18-11)19-12(20)9-2-4-10(5-3-9)13(14,15)16/h2-8H,1H3,(H,17,18)(H,19,20). The zero-order valence-electron chi connectivity index (χ0n) is 10.5. The first-order chi connectivity index (χ1) is 9.38. The van der Waals surface area contributed by atoms with Crippen LogP contribution in [0.5, 0.6) is 0 Å². The molecule has 0 saturated heterocycles. The van der Waals surface area contributed by atoms with Crippen molar-refractivity contribution in [1.82, 2.24) is 15.3 Å². The molecule has 7 heteroatoms. The Hall–Kier alpha value is -2.31. The van der Waals surface area contributed by atoms with Crippen molar-refractivity contribution >= 4 is 5.91 Å². The fraction of sp³-hybridized carbons (Fsp3) is 0.231. The molecule has 0 saturated carbocycles. The highest BCUT2D eigenvalue weighted by atomic mass is 19.4. The van der Waals surface area contributed by atoms with E-state index in [1.807, 2.05) is 0 Å². The summed E-state index contributed by atoms with van der Waals surface area (Å²) in [7, 11) is 0. The van der Waals surface area contributed by atoms with Crippen LogP contribution in [0, 0.1) is 0 Å². The Morgan fingerprint density at radius 2 is 1.95 bits per heavy atom. The lowest BCUT2D eigenvalue weighted by Crippen LogP contribution is -2.27. The van der Waals surface area contributed by atoms with Crippen LogP contribution in [0.1, 0.15) is 34.7 Å². The van der Waals surface area contributed by atoms with Gasteiger partial charge >= 0.3 is 6.18 Å². The highest BCUT2D eigenvalue weighted by molar-refractivity contribution is 5.94. The molecule has 4 nitrogen and oxygen atoms in total. The van der Waals surface area contributed by atoms with E-state index in [1.165, 1.54) is 0 Å². The van der Waals surface area contributed by atoms with E-state index in [0.717, 1.165) is 24.3 Å². The maximum absolute atomic E-state index is 12.4. The number of carbonyl (C=O) groups excluding carboxylic acids is 1. The smallest absolute Gasteiger partial charge is 0.347 e. The average Bonchev–Trinajstić information content (AvgIpc) is 2.91. The number of hydrogen-bond donors (Lipinski definition) is 2. The first-order valence-electron chi connectivity index (χ1n) is 5.85. The van der Waals surface area contributed by atoms with Crippen molar-refractivity contribution in [2.24, 2.45) is 0 Å². The fourth-order valence-electron chi connectivity index (χ4n) is 1.67. The van der Waals surface area contributed by atoms with E-state index >= 15 is 0 Å². The summed E-state index contributed by atoms with van der Waals surface area (Å²) in [5, 5.41) is 2.64. The maximum Gasteiger partial charge on any atom is 0.416 e. The Kier molecular flexibility index (Phi) is 3.78. The van der Waals surface area contributed by atoms with Crippen LogP contribution in [0.3, 0.4) is 0 Å². The number of rotatable bonds is 3. The van der Waals surface area contributed by atoms with Gasteiger partial charge in [-0.25, -0.2) is 4.98 Å². The van der Waals surface area contributed by atoms with Gasteiger partial charge in [0.2, 0.25) is 0 Å². The molecule has 106 valence electrons. The third kappa shape index (κ3) is 3.17. The van der Waals surface area contributed by atoms with Gasteiger partial charge in [0.15, 0.2) is 0 Å². The third-order valence-electron chi connectivity index (χ3n) is 2.75. The number of H-pyrrole nitrogens is 1. The van der Waals surface area contributed by atoms with Crippen molar-refractivity contribution in [3.8, 4) is 0 Å². The molecule has 1 amide bonds. The second-order valence-corrected chi connectivity index (χ2v) is 4.24. The van der Waals surface area contributed by atoms with Gasteiger partial charge in [-0.3, -0.25) is 4.79 Å². The molecule has 2 N–H and O–H groups in total. The zero-order valence-corrected chi connectivity index (χ0v) is 10.5. The number of carbonyl (C=O) groups is 1. The normalized spacial score (nSPS) is 13.0. The Bertz CT molecular complexity index is 576. The maximum atomic E-state index is 12.4. The number of aromatic amines is 1. The van der Waals surface area contributed by atoms with Gasteiger partial charge in [0.05, 0.1) is 11.6 Å². The Morgan fingerprint density at radius 3 is 2.45 bits per heavy atom. The summed E-state index contributed by atoms with van der Waals surface area (Å²) < 4.78 is 37.2. The molecule has 0 spiro atoms. The van der Waals surface area contributed by atoms with E-state index in [4.69, 9.17) is 0 Å². The summed E-state index contributed by atoms with van der Waals surface area (Å²) in [5.74, 6) is 0.118. The van der Waals surface area contributed by atoms with Crippen LogP contribution in [0.25, 0.3) is 0 Å². The summed E-state index contributed by atoms with van der Waals surface area (Å²) in [4.78, 5) is 18.7. The van der Waals surface area contributed by atoms with Crippen LogP contribution in [0.2, 0.25) is 0 Å². The third-order valence-corrected chi connectivity index (χ3v) is 2.75. The second-order valence-electron chi connectivity index (χ2n) is 4.24. The number of halogens is 3. The molecular formula is C13H12F3N3O. The van der Waals surface area contributed by atoms with Gasteiger partial charge in [0, 0.05) is 18.0 Å². The van der Waals surface area contributed by atoms with Crippen molar-refractivity contribution in [2.75, 3.05) is 0 Å². The highest BCUT2D eigenvalue weighted by Gasteiger charge is 2.30. The lowest BCUT2D eigenvalue weighted by molar-refractivity contribution is -0.137. The van der Waals surface area contributed by atoms with Crippen molar-refractivity contribution in [2.45, 2.75) is 19.1 Å². The molecule has 0 radical (unpaired) electrons. The van der Waals surface area contributed by atoms with Gasteiger partial charge < -0.3 is 10.3 Å². The minimum Gasteiger partial charge on any atom is -0.347 e. The molecule has 1 aromatic carbocycles. The summed E-state index contributed by atoms with van der Waals surface area (Å²) in [6.07, 6.45) is -1.23. The van der Waals surface area contributed by atoms with Crippen LogP contribution in [0.15, 0.2) is 36.7 Å². The predicted octanol–water partition coefficient (Wildman–Crippen LogP) is 2.92. The molecule has 1 unspecified atom stereocenters. The fourth-order valence-corrected chi connectivity index (χ4v) is 1.67. The van der Waals surface area contributed by atoms with Crippen LogP contribution >= 0.6 is 0 Å². The van der Waals surface area contributed by atoms with E-state index in [1.54, 1.807) is 19.3 Å². The molecular weight excluding hydrogens is 271 g/mol. The predicted molar refractivity (Wildman–Crippen MR) is 65.9 cm³/mol. The number of hydrogen-bond acceptors (Lipinski definition) is 2. The van der Waals surface area contributed by atoms with Gasteiger partial charge in [-0.2, -0.15) is 13.2 Å². The average molecular weight is 283 g/mol.